The Bertz CT molecular complexity index is 1240. The molecule has 3 N–H and O–H groups in total. The first-order valence-corrected chi connectivity index (χ1v) is 12.4. The number of ether oxygens (including phenoxy) is 1. The van der Waals surface area contributed by atoms with Crippen LogP contribution in [0.15, 0.2) is 42.5 Å². The van der Waals surface area contributed by atoms with Gasteiger partial charge in [-0.15, -0.1) is 0 Å². The van der Waals surface area contributed by atoms with Crippen molar-refractivity contribution in [2.75, 3.05) is 55.7 Å². The second-order valence-corrected chi connectivity index (χ2v) is 9.31. The molecule has 35 heavy (non-hydrogen) atoms. The largest absolute Gasteiger partial charge is 0.491 e. The summed E-state index contributed by atoms with van der Waals surface area (Å²) in [6, 6.07) is 15.5. The van der Waals surface area contributed by atoms with Gasteiger partial charge in [-0.25, -0.2) is 4.79 Å². The van der Waals surface area contributed by atoms with Crippen LogP contribution in [0.5, 0.6) is 5.75 Å². The summed E-state index contributed by atoms with van der Waals surface area (Å²) in [5, 5.41) is 10.1. The Morgan fingerprint density at radius 1 is 1.14 bits per heavy atom. The molecule has 2 amide bonds. The van der Waals surface area contributed by atoms with E-state index < -0.39 is 6.03 Å². The number of nitrogens with one attached hydrogen (secondary N) is 1. The minimum Gasteiger partial charge on any atom is -0.491 e. The number of H-pyrrole nitrogens is 1. The number of carbonyl (C=O) groups excluding carboxylic acids is 1. The van der Waals surface area contributed by atoms with Crippen LogP contribution in [0.4, 0.5) is 16.3 Å². The van der Waals surface area contributed by atoms with Crippen molar-refractivity contribution >= 4 is 28.4 Å². The molecule has 1 saturated heterocycles. The number of fused-ring (bicyclic) bond motifs is 2. The average molecular weight is 473 g/mol. The lowest BCUT2D eigenvalue weighted by Gasteiger charge is -2.37. The van der Waals surface area contributed by atoms with Crippen molar-refractivity contribution in [2.45, 2.75) is 25.7 Å². The lowest BCUT2D eigenvalue weighted by Crippen LogP contribution is -2.47. The lowest BCUT2D eigenvalue weighted by atomic mass is 10.0. The number of nitrogens with two attached hydrogens (primary N) is 1. The van der Waals surface area contributed by atoms with E-state index in [9.17, 15) is 4.79 Å². The van der Waals surface area contributed by atoms with Gasteiger partial charge in [-0.05, 0) is 62.1 Å². The molecule has 0 atom stereocenters. The Morgan fingerprint density at radius 3 is 2.80 bits per heavy atom. The van der Waals surface area contributed by atoms with Crippen LogP contribution in [-0.4, -0.2) is 61.8 Å². The van der Waals surface area contributed by atoms with Gasteiger partial charge in [-0.1, -0.05) is 18.2 Å². The number of carbonyl (C=O) groups is 1. The summed E-state index contributed by atoms with van der Waals surface area (Å²) in [4.78, 5) is 21.9. The zero-order chi connectivity index (χ0) is 24.2. The molecule has 0 radical (unpaired) electrons. The number of aryl methyl sites for hydroxylation is 1. The number of primary amides is 1. The molecule has 2 aliphatic heterocycles. The summed E-state index contributed by atoms with van der Waals surface area (Å²) in [5.74, 6) is 1.75. The molecule has 5 rings (SSSR count). The minimum absolute atomic E-state index is 0.473. The topological polar surface area (TPSA) is 102 Å². The van der Waals surface area contributed by atoms with Gasteiger partial charge < -0.3 is 20.4 Å². The molecular formula is C27H32N6O2. The number of rotatable bonds is 7. The van der Waals surface area contributed by atoms with Gasteiger partial charge in [0.15, 0.2) is 0 Å². The first-order valence-electron chi connectivity index (χ1n) is 12.4. The number of nitriles is 1. The number of anilines is 2. The highest BCUT2D eigenvalue weighted by atomic mass is 16.5. The number of nitrogens with zero attached hydrogens (tertiary/aromatic N) is 4. The zero-order valence-electron chi connectivity index (χ0n) is 20.0. The van der Waals surface area contributed by atoms with E-state index in [1.807, 2.05) is 12.1 Å². The number of unbranched alkanes of at least 4 members (excludes halogenated alkanes) is 1. The maximum absolute atomic E-state index is 12.1. The molecule has 1 fully saturated rings. The predicted molar refractivity (Wildman–Crippen MR) is 138 cm³/mol. The van der Waals surface area contributed by atoms with Crippen molar-refractivity contribution in [3.8, 4) is 11.8 Å². The fourth-order valence-corrected chi connectivity index (χ4v) is 5.11. The molecule has 0 aliphatic carbocycles. The molecule has 0 saturated carbocycles. The van der Waals surface area contributed by atoms with Crippen LogP contribution >= 0.6 is 0 Å². The van der Waals surface area contributed by atoms with Crippen LogP contribution in [0.2, 0.25) is 0 Å². The van der Waals surface area contributed by atoms with Crippen molar-refractivity contribution in [3.05, 3.63) is 53.6 Å². The van der Waals surface area contributed by atoms with Gasteiger partial charge in [0, 0.05) is 43.6 Å². The third-order valence-electron chi connectivity index (χ3n) is 7.03. The van der Waals surface area contributed by atoms with Gasteiger partial charge >= 0.3 is 6.03 Å². The van der Waals surface area contributed by atoms with Crippen LogP contribution in [0.3, 0.4) is 0 Å². The fraction of sp³-hybridized carbons (Fsp3) is 0.407. The van der Waals surface area contributed by atoms with Crippen LogP contribution in [-0.2, 0) is 6.42 Å². The molecule has 1 aromatic heterocycles. The molecule has 3 aromatic rings. The number of hydrogen-bond donors (Lipinski definition) is 2. The first kappa shape index (κ1) is 23.1. The monoisotopic (exact) mass is 472 g/mol. The quantitative estimate of drug-likeness (QED) is 0.509. The van der Waals surface area contributed by atoms with Gasteiger partial charge in [0.25, 0.3) is 0 Å². The smallest absolute Gasteiger partial charge is 0.320 e. The second kappa shape index (κ2) is 10.3. The van der Waals surface area contributed by atoms with E-state index in [0.717, 1.165) is 81.7 Å². The number of hydrogen-bond acceptors (Lipinski definition) is 5. The fourth-order valence-electron chi connectivity index (χ4n) is 5.11. The normalized spacial score (nSPS) is 15.9. The SMILES string of the molecule is N#Cc1ccc2cc(N(CCCCN3CCN(c4cccc5c4OCCC5)CC3)C(N)=O)[nH]c2c1. The van der Waals surface area contributed by atoms with E-state index in [1.165, 1.54) is 11.3 Å². The highest BCUT2D eigenvalue weighted by molar-refractivity contribution is 5.94. The molecule has 2 aliphatic rings. The third kappa shape index (κ3) is 5.05. The Kier molecular flexibility index (Phi) is 6.77. The summed E-state index contributed by atoms with van der Waals surface area (Å²) in [7, 11) is 0. The van der Waals surface area contributed by atoms with E-state index in [4.69, 9.17) is 15.7 Å². The van der Waals surface area contributed by atoms with Gasteiger partial charge in [0.2, 0.25) is 0 Å². The number of para-hydroxylation sites is 1. The standard InChI is InChI=1S/C27H32N6O2/c28-19-20-8-9-22-18-25(30-23(22)17-20)33(27(29)34)11-2-1-10-31-12-14-32(15-13-31)24-7-3-5-21-6-4-16-35-26(21)24/h3,5,7-9,17-18,30H,1-2,4,6,10-16H2,(H2,29,34). The molecule has 182 valence electrons. The Balaban J connectivity index is 1.11. The molecule has 3 heterocycles. The Morgan fingerprint density at radius 2 is 2.00 bits per heavy atom. The average Bonchev–Trinajstić information content (AvgIpc) is 3.31. The van der Waals surface area contributed by atoms with Crippen LogP contribution in [0.1, 0.15) is 30.4 Å². The Hall–Kier alpha value is -3.70. The number of urea groups is 1. The summed E-state index contributed by atoms with van der Waals surface area (Å²) in [6.45, 7) is 6.40. The summed E-state index contributed by atoms with van der Waals surface area (Å²) in [6.07, 6.45) is 4.05. The van der Waals surface area contributed by atoms with Gasteiger partial charge in [-0.2, -0.15) is 5.26 Å². The molecule has 8 nitrogen and oxygen atoms in total. The van der Waals surface area contributed by atoms with E-state index >= 15 is 0 Å². The number of amides is 2. The molecule has 0 spiro atoms. The highest BCUT2D eigenvalue weighted by Gasteiger charge is 2.23. The number of piperazine rings is 1. The summed E-state index contributed by atoms with van der Waals surface area (Å²) < 4.78 is 6.01. The maximum atomic E-state index is 12.1. The molecule has 0 bridgehead atoms. The molecular weight excluding hydrogens is 440 g/mol. The van der Waals surface area contributed by atoms with Crippen molar-refractivity contribution in [1.29, 1.82) is 5.26 Å². The maximum Gasteiger partial charge on any atom is 0.320 e. The van der Waals surface area contributed by atoms with E-state index in [2.05, 4.69) is 39.1 Å². The van der Waals surface area contributed by atoms with E-state index in [1.54, 1.807) is 17.0 Å². The van der Waals surface area contributed by atoms with Crippen molar-refractivity contribution in [3.63, 3.8) is 0 Å². The summed E-state index contributed by atoms with van der Waals surface area (Å²) >= 11 is 0. The first-order chi connectivity index (χ1) is 17.1. The van der Waals surface area contributed by atoms with Crippen molar-refractivity contribution < 1.29 is 9.53 Å². The summed E-state index contributed by atoms with van der Waals surface area (Å²) in [5.41, 5.74) is 9.65. The zero-order valence-corrected chi connectivity index (χ0v) is 20.0. The number of benzene rings is 2. The molecule has 8 heteroatoms. The van der Waals surface area contributed by atoms with E-state index in [0.29, 0.717) is 17.9 Å². The van der Waals surface area contributed by atoms with E-state index in [-0.39, 0.29) is 0 Å². The second-order valence-electron chi connectivity index (χ2n) is 9.31. The third-order valence-corrected chi connectivity index (χ3v) is 7.03. The molecule has 2 aromatic carbocycles. The minimum atomic E-state index is -0.473. The number of aromatic nitrogens is 1. The van der Waals surface area contributed by atoms with Crippen LogP contribution in [0, 0.1) is 11.3 Å². The number of aromatic amines is 1. The highest BCUT2D eigenvalue weighted by Crippen LogP contribution is 2.36. The van der Waals surface area contributed by atoms with Crippen molar-refractivity contribution in [1.82, 2.24) is 9.88 Å². The van der Waals surface area contributed by atoms with Crippen molar-refractivity contribution in [2.24, 2.45) is 5.73 Å². The van der Waals surface area contributed by atoms with Crippen LogP contribution < -0.4 is 20.3 Å². The predicted octanol–water partition coefficient (Wildman–Crippen LogP) is 3.85. The van der Waals surface area contributed by atoms with Gasteiger partial charge in [0.05, 0.1) is 23.9 Å². The lowest BCUT2D eigenvalue weighted by molar-refractivity contribution is 0.247. The van der Waals surface area contributed by atoms with Gasteiger partial charge in [-0.3, -0.25) is 9.80 Å². The Labute approximate surface area is 205 Å². The van der Waals surface area contributed by atoms with Crippen LogP contribution in [0.25, 0.3) is 10.9 Å². The molecule has 0 unspecified atom stereocenters. The van der Waals surface area contributed by atoms with Gasteiger partial charge in [0.1, 0.15) is 11.6 Å².